The van der Waals surface area contributed by atoms with Gasteiger partial charge in [-0.05, 0) is 34.4 Å². The zero-order valence-corrected chi connectivity index (χ0v) is 23.3. The molecule has 8 rings (SSSR count). The molecule has 4 aromatic carbocycles. The zero-order chi connectivity index (χ0) is 31.6. The van der Waals surface area contributed by atoms with Gasteiger partial charge in [0, 0.05) is 47.2 Å². The van der Waals surface area contributed by atoms with Crippen molar-refractivity contribution in [1.29, 1.82) is 0 Å². The van der Waals surface area contributed by atoms with Gasteiger partial charge in [-0.2, -0.15) is 5.01 Å². The first kappa shape index (κ1) is 27.8. The van der Waals surface area contributed by atoms with Crippen molar-refractivity contribution in [3.63, 3.8) is 0 Å². The molecule has 45 heavy (non-hydrogen) atoms. The molecule has 0 saturated carbocycles. The van der Waals surface area contributed by atoms with Gasteiger partial charge in [0.2, 0.25) is 0 Å². The van der Waals surface area contributed by atoms with Crippen LogP contribution in [0.2, 0.25) is 0 Å². The Morgan fingerprint density at radius 2 is 1.13 bits per heavy atom. The predicted octanol–water partition coefficient (Wildman–Crippen LogP) is 4.64. The molecule has 1 aliphatic heterocycles. The van der Waals surface area contributed by atoms with E-state index in [-0.39, 0.29) is 22.5 Å². The minimum atomic E-state index is -0.911. The van der Waals surface area contributed by atoms with Crippen LogP contribution in [0.5, 0.6) is 0 Å². The topological polar surface area (TPSA) is 161 Å². The molecular weight excluding hydrogens is 580 g/mol. The summed E-state index contributed by atoms with van der Waals surface area (Å²) in [6.07, 6.45) is 0. The first-order valence-corrected chi connectivity index (χ1v) is 14.1. The third kappa shape index (κ3) is 4.21. The van der Waals surface area contributed by atoms with Gasteiger partial charge in [-0.1, -0.05) is 60.7 Å². The fourth-order valence-electron chi connectivity index (χ4n) is 7.03. The van der Waals surface area contributed by atoms with Crippen molar-refractivity contribution in [2.75, 3.05) is 6.54 Å². The minimum absolute atomic E-state index is 0.0953. The van der Waals surface area contributed by atoms with Gasteiger partial charge in [-0.25, -0.2) is 5.01 Å². The van der Waals surface area contributed by atoms with E-state index in [2.05, 4.69) is 0 Å². The van der Waals surface area contributed by atoms with Crippen LogP contribution in [0.3, 0.4) is 0 Å². The standard InChI is InChI=1S/C33H22N4O8/c38-26(19-6-5-7-21(16-19)37(44)45)17-34(31(39)18-12-14-20(15-13-18)36(42)43)35-32(40)29-27-22-8-1-2-9-23(22)28(30(29)33(35)41)25-11-4-3-10-24(25)27/h1-16,27-30H,17H2/t27?,28?,29-,30-/m0/s1. The molecule has 1 fully saturated rings. The maximum Gasteiger partial charge on any atom is 0.273 e. The largest absolute Gasteiger partial charge is 0.292 e. The number of hydrazine groups is 1. The number of carbonyl (C=O) groups excluding carboxylic acids is 4. The van der Waals surface area contributed by atoms with Crippen LogP contribution in [0.25, 0.3) is 0 Å². The van der Waals surface area contributed by atoms with E-state index in [1.165, 1.54) is 30.3 Å². The molecule has 0 N–H and O–H groups in total. The smallest absolute Gasteiger partial charge is 0.273 e. The summed E-state index contributed by atoms with van der Waals surface area (Å²) in [6, 6.07) is 24.7. The van der Waals surface area contributed by atoms with Gasteiger partial charge in [0.25, 0.3) is 29.1 Å². The Kier molecular flexibility index (Phi) is 6.36. The van der Waals surface area contributed by atoms with E-state index in [4.69, 9.17) is 0 Å². The number of non-ortho nitro benzene ring substituents is 2. The van der Waals surface area contributed by atoms with Crippen molar-refractivity contribution >= 4 is 34.9 Å². The summed E-state index contributed by atoms with van der Waals surface area (Å²) >= 11 is 0. The van der Waals surface area contributed by atoms with Crippen molar-refractivity contribution in [1.82, 2.24) is 10.0 Å². The number of Topliss-reactive ketones (excluding diaryl/α,β-unsaturated/α-hetero) is 1. The SMILES string of the molecule is O=C(CN(C(=O)c1ccc([N+](=O)[O-])cc1)N1C(=O)[C@H]2C3c4ccccc4C(c4ccccc43)[C@@H]2C1=O)c1cccc([N+](=O)[O-])c1. The first-order chi connectivity index (χ1) is 21.7. The summed E-state index contributed by atoms with van der Waals surface area (Å²) in [4.78, 5) is 77.5. The Morgan fingerprint density at radius 1 is 0.644 bits per heavy atom. The van der Waals surface area contributed by atoms with Gasteiger partial charge >= 0.3 is 0 Å². The van der Waals surface area contributed by atoms with Gasteiger partial charge in [0.15, 0.2) is 5.78 Å². The summed E-state index contributed by atoms with van der Waals surface area (Å²) in [6.45, 7) is -0.789. The summed E-state index contributed by atoms with van der Waals surface area (Å²) in [5.41, 5.74) is 2.87. The maximum atomic E-state index is 14.4. The highest BCUT2D eigenvalue weighted by atomic mass is 16.6. The van der Waals surface area contributed by atoms with Crippen molar-refractivity contribution < 1.29 is 29.0 Å². The molecule has 2 atom stereocenters. The monoisotopic (exact) mass is 602 g/mol. The van der Waals surface area contributed by atoms with Gasteiger partial charge in [0.1, 0.15) is 6.54 Å². The van der Waals surface area contributed by atoms with E-state index in [9.17, 15) is 39.4 Å². The quantitative estimate of drug-likeness (QED) is 0.128. The number of nitro benzene ring substituents is 2. The number of amides is 3. The number of carbonyl (C=O) groups is 4. The van der Waals surface area contributed by atoms with E-state index < -0.39 is 63.6 Å². The van der Waals surface area contributed by atoms with Crippen LogP contribution in [0, 0.1) is 32.1 Å². The highest BCUT2D eigenvalue weighted by Gasteiger charge is 2.63. The van der Waals surface area contributed by atoms with Crippen molar-refractivity contribution in [2.45, 2.75) is 11.8 Å². The van der Waals surface area contributed by atoms with Crippen LogP contribution >= 0.6 is 0 Å². The Morgan fingerprint density at radius 3 is 1.60 bits per heavy atom. The number of nitro groups is 2. The van der Waals surface area contributed by atoms with Gasteiger partial charge in [-0.15, -0.1) is 0 Å². The molecule has 4 aliphatic rings. The Labute approximate surface area is 254 Å². The molecule has 0 aromatic heterocycles. The maximum absolute atomic E-state index is 14.4. The molecule has 0 spiro atoms. The Bertz CT molecular complexity index is 1860. The second-order valence-electron chi connectivity index (χ2n) is 11.2. The molecule has 3 amide bonds. The van der Waals surface area contributed by atoms with Crippen molar-refractivity contribution in [3.8, 4) is 0 Å². The molecule has 12 nitrogen and oxygen atoms in total. The molecule has 4 aromatic rings. The van der Waals surface area contributed by atoms with E-state index in [0.717, 1.165) is 50.5 Å². The molecule has 2 bridgehead atoms. The van der Waals surface area contributed by atoms with E-state index in [1.54, 1.807) is 0 Å². The Hall–Kier alpha value is -6.04. The highest BCUT2D eigenvalue weighted by Crippen LogP contribution is 2.61. The number of nitrogens with zero attached hydrogens (tertiary/aromatic N) is 4. The molecule has 0 radical (unpaired) electrons. The molecular formula is C33H22N4O8. The van der Waals surface area contributed by atoms with Gasteiger partial charge < -0.3 is 0 Å². The van der Waals surface area contributed by atoms with E-state index >= 15 is 0 Å². The number of rotatable bonds is 7. The number of imide groups is 1. The van der Waals surface area contributed by atoms with Crippen LogP contribution < -0.4 is 0 Å². The second-order valence-corrected chi connectivity index (χ2v) is 11.2. The summed E-state index contributed by atoms with van der Waals surface area (Å²) in [5, 5.41) is 24.1. The molecule has 0 unspecified atom stereocenters. The van der Waals surface area contributed by atoms with E-state index in [0.29, 0.717) is 0 Å². The molecule has 3 aliphatic carbocycles. The second kappa shape index (κ2) is 10.3. The predicted molar refractivity (Wildman–Crippen MR) is 157 cm³/mol. The van der Waals surface area contributed by atoms with E-state index in [1.807, 2.05) is 48.5 Å². The average Bonchev–Trinajstić information content (AvgIpc) is 3.32. The van der Waals surface area contributed by atoms with Crippen LogP contribution in [0.4, 0.5) is 11.4 Å². The highest BCUT2D eigenvalue weighted by molar-refractivity contribution is 6.11. The minimum Gasteiger partial charge on any atom is -0.292 e. The third-order valence-electron chi connectivity index (χ3n) is 8.90. The van der Waals surface area contributed by atoms with Crippen LogP contribution in [0.1, 0.15) is 54.8 Å². The Balaban J connectivity index is 1.32. The van der Waals surface area contributed by atoms with Crippen LogP contribution in [-0.4, -0.2) is 49.9 Å². The summed E-state index contributed by atoms with van der Waals surface area (Å²) < 4.78 is 0. The average molecular weight is 603 g/mol. The van der Waals surface area contributed by atoms with Crippen LogP contribution in [0.15, 0.2) is 97.1 Å². The summed E-state index contributed by atoms with van der Waals surface area (Å²) in [7, 11) is 0. The van der Waals surface area contributed by atoms with Gasteiger partial charge in [0.05, 0.1) is 21.7 Å². The molecule has 1 heterocycles. The van der Waals surface area contributed by atoms with Crippen molar-refractivity contribution in [3.05, 3.63) is 151 Å². The third-order valence-corrected chi connectivity index (χ3v) is 8.90. The summed E-state index contributed by atoms with van der Waals surface area (Å²) in [5.74, 6) is -5.56. The normalized spacial score (nSPS) is 20.7. The molecule has 12 heteroatoms. The van der Waals surface area contributed by atoms with Crippen molar-refractivity contribution in [2.24, 2.45) is 11.8 Å². The number of hydrogen-bond donors (Lipinski definition) is 0. The lowest BCUT2D eigenvalue weighted by molar-refractivity contribution is -0.385. The number of hydrogen-bond acceptors (Lipinski definition) is 8. The fourth-order valence-corrected chi connectivity index (χ4v) is 7.03. The van der Waals surface area contributed by atoms with Crippen LogP contribution in [-0.2, 0) is 9.59 Å². The first-order valence-electron chi connectivity index (χ1n) is 14.1. The lowest BCUT2D eigenvalue weighted by Crippen LogP contribution is -2.52. The molecule has 1 saturated heterocycles. The number of ketones is 1. The van der Waals surface area contributed by atoms with Gasteiger partial charge in [-0.3, -0.25) is 39.4 Å². The molecule has 222 valence electrons. The zero-order valence-electron chi connectivity index (χ0n) is 23.3. The lowest BCUT2D eigenvalue weighted by atomic mass is 9.55. The fraction of sp³-hybridized carbons (Fsp3) is 0.152. The lowest BCUT2D eigenvalue weighted by Gasteiger charge is -2.45. The number of benzene rings is 4.